The third-order valence-corrected chi connectivity index (χ3v) is 2.83. The van der Waals surface area contributed by atoms with Crippen molar-refractivity contribution in [3.05, 3.63) is 0 Å². The van der Waals surface area contributed by atoms with Gasteiger partial charge < -0.3 is 14.6 Å². The van der Waals surface area contributed by atoms with E-state index in [4.69, 9.17) is 9.84 Å². The van der Waals surface area contributed by atoms with Crippen molar-refractivity contribution in [1.29, 1.82) is 0 Å². The van der Waals surface area contributed by atoms with Crippen LogP contribution in [0, 0.1) is 5.92 Å². The van der Waals surface area contributed by atoms with Gasteiger partial charge in [-0.05, 0) is 32.1 Å². The molecule has 0 aromatic heterocycles. The van der Waals surface area contributed by atoms with Crippen LogP contribution in [0.2, 0.25) is 0 Å². The van der Waals surface area contributed by atoms with Crippen LogP contribution in [0.4, 0.5) is 0 Å². The van der Waals surface area contributed by atoms with Gasteiger partial charge in [-0.1, -0.05) is 0 Å². The van der Waals surface area contributed by atoms with Gasteiger partial charge in [-0.15, -0.1) is 0 Å². The average molecular weight is 230 g/mol. The average Bonchev–Trinajstić information content (AvgIpc) is 2.75. The van der Waals surface area contributed by atoms with Crippen LogP contribution in [0.15, 0.2) is 0 Å². The maximum atomic E-state index is 11.1. The molecule has 1 saturated heterocycles. The maximum Gasteiger partial charge on any atom is 0.320 e. The first-order valence-corrected chi connectivity index (χ1v) is 5.57. The molecule has 0 aliphatic carbocycles. The van der Waals surface area contributed by atoms with Crippen molar-refractivity contribution in [2.75, 3.05) is 13.7 Å². The van der Waals surface area contributed by atoms with Crippen molar-refractivity contribution >= 4 is 11.9 Å². The Hall–Kier alpha value is -1.10. The minimum atomic E-state index is -1.11. The number of hydrogen-bond donors (Lipinski definition) is 1. The number of aliphatic carboxylic acids is 1. The Labute approximate surface area is 94.7 Å². The van der Waals surface area contributed by atoms with Gasteiger partial charge in [0.15, 0.2) is 5.92 Å². The zero-order valence-corrected chi connectivity index (χ0v) is 9.48. The molecular weight excluding hydrogens is 212 g/mol. The van der Waals surface area contributed by atoms with Gasteiger partial charge in [0.05, 0.1) is 13.2 Å². The van der Waals surface area contributed by atoms with Crippen LogP contribution in [0.3, 0.4) is 0 Å². The van der Waals surface area contributed by atoms with E-state index < -0.39 is 17.9 Å². The van der Waals surface area contributed by atoms with Gasteiger partial charge in [0.25, 0.3) is 0 Å². The van der Waals surface area contributed by atoms with E-state index in [1.54, 1.807) is 0 Å². The van der Waals surface area contributed by atoms with Crippen molar-refractivity contribution in [3.63, 3.8) is 0 Å². The van der Waals surface area contributed by atoms with E-state index in [1.807, 2.05) is 0 Å². The number of esters is 1. The summed E-state index contributed by atoms with van der Waals surface area (Å²) >= 11 is 0. The van der Waals surface area contributed by atoms with Crippen LogP contribution in [0.1, 0.15) is 32.1 Å². The first kappa shape index (κ1) is 13.0. The van der Waals surface area contributed by atoms with Gasteiger partial charge in [-0.3, -0.25) is 9.59 Å². The lowest BCUT2D eigenvalue weighted by Crippen LogP contribution is -2.25. The zero-order chi connectivity index (χ0) is 12.0. The van der Waals surface area contributed by atoms with Crippen molar-refractivity contribution in [3.8, 4) is 0 Å². The second-order valence-electron chi connectivity index (χ2n) is 3.98. The third kappa shape index (κ3) is 3.81. The van der Waals surface area contributed by atoms with E-state index in [9.17, 15) is 9.59 Å². The molecule has 1 heterocycles. The van der Waals surface area contributed by atoms with Gasteiger partial charge in [0.1, 0.15) is 0 Å². The van der Waals surface area contributed by atoms with Gasteiger partial charge in [0.2, 0.25) is 0 Å². The number of carboxylic acids is 1. The normalized spacial score (nSPS) is 21.7. The summed E-state index contributed by atoms with van der Waals surface area (Å²) in [5, 5.41) is 8.83. The molecule has 0 radical (unpaired) electrons. The summed E-state index contributed by atoms with van der Waals surface area (Å²) in [5.74, 6) is -2.81. The van der Waals surface area contributed by atoms with E-state index in [-0.39, 0.29) is 6.10 Å². The standard InChI is InChI=1S/C11H18O5/c1-15-11(14)9(10(12)13)6-2-4-8-5-3-7-16-8/h8-9H,2-7H2,1H3,(H,12,13). The number of hydrogen-bond acceptors (Lipinski definition) is 4. The van der Waals surface area contributed by atoms with Gasteiger partial charge in [-0.2, -0.15) is 0 Å². The Morgan fingerprint density at radius 2 is 2.31 bits per heavy atom. The fraction of sp³-hybridized carbons (Fsp3) is 0.818. The molecule has 0 spiro atoms. The highest BCUT2D eigenvalue weighted by molar-refractivity contribution is 5.93. The Morgan fingerprint density at radius 3 is 2.81 bits per heavy atom. The molecule has 1 fully saturated rings. The number of carbonyl (C=O) groups is 2. The van der Waals surface area contributed by atoms with Crippen molar-refractivity contribution in [1.82, 2.24) is 0 Å². The Balaban J connectivity index is 2.26. The molecule has 0 saturated carbocycles. The zero-order valence-electron chi connectivity index (χ0n) is 9.48. The highest BCUT2D eigenvalue weighted by atomic mass is 16.5. The van der Waals surface area contributed by atoms with Crippen LogP contribution in [-0.4, -0.2) is 36.9 Å². The van der Waals surface area contributed by atoms with E-state index in [0.29, 0.717) is 12.8 Å². The maximum absolute atomic E-state index is 11.1. The molecular formula is C11H18O5. The quantitative estimate of drug-likeness (QED) is 0.548. The van der Waals surface area contributed by atoms with E-state index >= 15 is 0 Å². The molecule has 1 aliphatic heterocycles. The predicted octanol–water partition coefficient (Wildman–Crippen LogP) is 1.21. The molecule has 1 N–H and O–H groups in total. The Bertz CT molecular complexity index is 245. The molecule has 16 heavy (non-hydrogen) atoms. The lowest BCUT2D eigenvalue weighted by molar-refractivity contribution is -0.157. The topological polar surface area (TPSA) is 72.8 Å². The van der Waals surface area contributed by atoms with Crippen molar-refractivity contribution in [2.24, 2.45) is 5.92 Å². The van der Waals surface area contributed by atoms with E-state index in [2.05, 4.69) is 4.74 Å². The minimum absolute atomic E-state index is 0.243. The van der Waals surface area contributed by atoms with Gasteiger partial charge >= 0.3 is 11.9 Å². The van der Waals surface area contributed by atoms with E-state index in [1.165, 1.54) is 7.11 Å². The summed E-state index contributed by atoms with van der Waals surface area (Å²) in [4.78, 5) is 21.9. The molecule has 92 valence electrons. The molecule has 0 amide bonds. The molecule has 2 atom stereocenters. The number of carbonyl (C=O) groups excluding carboxylic acids is 1. The summed E-state index contributed by atoms with van der Waals surface area (Å²) in [5.41, 5.74) is 0. The Morgan fingerprint density at radius 1 is 1.56 bits per heavy atom. The van der Waals surface area contributed by atoms with Gasteiger partial charge in [-0.25, -0.2) is 0 Å². The number of rotatable bonds is 6. The highest BCUT2D eigenvalue weighted by Gasteiger charge is 2.27. The summed E-state index contributed by atoms with van der Waals surface area (Å²) in [6.45, 7) is 0.796. The van der Waals surface area contributed by atoms with Crippen LogP contribution in [-0.2, 0) is 19.1 Å². The third-order valence-electron chi connectivity index (χ3n) is 2.83. The van der Waals surface area contributed by atoms with Gasteiger partial charge in [0, 0.05) is 6.61 Å². The largest absolute Gasteiger partial charge is 0.481 e. The number of methoxy groups -OCH3 is 1. The smallest absolute Gasteiger partial charge is 0.320 e. The summed E-state index contributed by atoms with van der Waals surface area (Å²) in [6, 6.07) is 0. The van der Waals surface area contributed by atoms with Crippen LogP contribution >= 0.6 is 0 Å². The molecule has 2 unspecified atom stereocenters. The molecule has 0 aromatic rings. The highest BCUT2D eigenvalue weighted by Crippen LogP contribution is 2.20. The molecule has 1 rings (SSSR count). The predicted molar refractivity (Wildman–Crippen MR) is 56.0 cm³/mol. The summed E-state index contributed by atoms with van der Waals surface area (Å²) in [6.07, 6.45) is 4.17. The van der Waals surface area contributed by atoms with Crippen LogP contribution < -0.4 is 0 Å². The lowest BCUT2D eigenvalue weighted by atomic mass is 10.00. The first-order chi connectivity index (χ1) is 7.65. The fourth-order valence-electron chi connectivity index (χ4n) is 1.91. The molecule has 0 bridgehead atoms. The summed E-state index contributed by atoms with van der Waals surface area (Å²) < 4.78 is 9.86. The van der Waals surface area contributed by atoms with Crippen LogP contribution in [0.25, 0.3) is 0 Å². The second-order valence-corrected chi connectivity index (χ2v) is 3.98. The SMILES string of the molecule is COC(=O)C(CCCC1CCCO1)C(=O)O. The Kier molecular flexibility index (Phi) is 5.25. The first-order valence-electron chi connectivity index (χ1n) is 5.57. The molecule has 5 nitrogen and oxygen atoms in total. The lowest BCUT2D eigenvalue weighted by Gasteiger charge is -2.12. The molecule has 5 heteroatoms. The minimum Gasteiger partial charge on any atom is -0.481 e. The van der Waals surface area contributed by atoms with E-state index in [0.717, 1.165) is 25.9 Å². The van der Waals surface area contributed by atoms with Crippen LogP contribution in [0.5, 0.6) is 0 Å². The van der Waals surface area contributed by atoms with Crippen molar-refractivity contribution < 1.29 is 24.2 Å². The number of carboxylic acid groups (broad SMARTS) is 1. The second kappa shape index (κ2) is 6.48. The number of ether oxygens (including phenoxy) is 2. The molecule has 1 aliphatic rings. The monoisotopic (exact) mass is 230 g/mol. The molecule has 0 aromatic carbocycles. The van der Waals surface area contributed by atoms with Crippen molar-refractivity contribution in [2.45, 2.75) is 38.2 Å². The summed E-state index contributed by atoms with van der Waals surface area (Å²) in [7, 11) is 1.21. The fourth-order valence-corrected chi connectivity index (χ4v) is 1.91.